The van der Waals surface area contributed by atoms with Gasteiger partial charge in [0.25, 0.3) is 0 Å². The largest absolute Gasteiger partial charge is 0.487 e. The van der Waals surface area contributed by atoms with Crippen molar-refractivity contribution in [3.05, 3.63) is 59.9 Å². The summed E-state index contributed by atoms with van der Waals surface area (Å²) in [6, 6.07) is 12.7. The topological polar surface area (TPSA) is 55.8 Å². The Bertz CT molecular complexity index is 1040. The highest BCUT2D eigenvalue weighted by molar-refractivity contribution is 7.89. The molecule has 5 nitrogen and oxygen atoms in total. The van der Waals surface area contributed by atoms with Crippen molar-refractivity contribution in [2.24, 2.45) is 5.92 Å². The SMILES string of the molecule is CC1(C)Oc2ccccc2[C@@H]2O[C@@H]3CCN(S(=O)(=O)c4ccc(F)cc4)[C@@H]3C[C@H]21. The first-order valence-corrected chi connectivity index (χ1v) is 11.4. The summed E-state index contributed by atoms with van der Waals surface area (Å²) in [7, 11) is -3.72. The van der Waals surface area contributed by atoms with Crippen LogP contribution in [0.4, 0.5) is 4.39 Å². The van der Waals surface area contributed by atoms with Crippen LogP contribution in [0.5, 0.6) is 5.75 Å². The van der Waals surface area contributed by atoms with Crippen LogP contribution in [0.3, 0.4) is 0 Å². The van der Waals surface area contributed by atoms with E-state index in [4.69, 9.17) is 9.47 Å². The fraction of sp³-hybridized carbons (Fsp3) is 0.455. The predicted octanol–water partition coefficient (Wildman–Crippen LogP) is 3.91. The van der Waals surface area contributed by atoms with Gasteiger partial charge in [0.05, 0.1) is 23.1 Å². The van der Waals surface area contributed by atoms with Gasteiger partial charge in [0.2, 0.25) is 10.0 Å². The van der Waals surface area contributed by atoms with Crippen molar-refractivity contribution in [2.45, 2.75) is 55.4 Å². The molecule has 0 spiro atoms. The van der Waals surface area contributed by atoms with Crippen LogP contribution in [0.1, 0.15) is 38.4 Å². The second-order valence-electron chi connectivity index (χ2n) is 8.61. The van der Waals surface area contributed by atoms with Crippen molar-refractivity contribution in [3.8, 4) is 5.75 Å². The molecule has 0 saturated carbocycles. The van der Waals surface area contributed by atoms with Crippen molar-refractivity contribution in [2.75, 3.05) is 6.54 Å². The molecule has 2 aromatic carbocycles. The van der Waals surface area contributed by atoms with Gasteiger partial charge in [0, 0.05) is 18.0 Å². The first-order chi connectivity index (χ1) is 13.8. The molecule has 0 radical (unpaired) electrons. The average Bonchev–Trinajstić information content (AvgIpc) is 3.11. The Morgan fingerprint density at radius 3 is 2.59 bits per heavy atom. The summed E-state index contributed by atoms with van der Waals surface area (Å²) in [6.45, 7) is 4.48. The quantitative estimate of drug-likeness (QED) is 0.744. The molecule has 29 heavy (non-hydrogen) atoms. The Morgan fingerprint density at radius 1 is 1.10 bits per heavy atom. The molecule has 0 unspecified atom stereocenters. The summed E-state index contributed by atoms with van der Waals surface area (Å²) in [5.74, 6) is 0.417. The van der Waals surface area contributed by atoms with Crippen molar-refractivity contribution >= 4 is 10.0 Å². The van der Waals surface area contributed by atoms with Gasteiger partial charge in [-0.05, 0) is 57.0 Å². The summed E-state index contributed by atoms with van der Waals surface area (Å²) in [6.07, 6.45) is 1.05. The number of ether oxygens (including phenoxy) is 2. The van der Waals surface area contributed by atoms with Gasteiger partial charge >= 0.3 is 0 Å². The van der Waals surface area contributed by atoms with E-state index in [1.54, 1.807) is 0 Å². The Balaban J connectivity index is 1.48. The van der Waals surface area contributed by atoms with E-state index in [0.717, 1.165) is 11.3 Å². The van der Waals surface area contributed by atoms with Crippen LogP contribution in [-0.4, -0.2) is 37.0 Å². The highest BCUT2D eigenvalue weighted by atomic mass is 32.2. The van der Waals surface area contributed by atoms with Gasteiger partial charge in [-0.3, -0.25) is 0 Å². The maximum atomic E-state index is 13.3. The molecule has 0 aromatic heterocycles. The van der Waals surface area contributed by atoms with Crippen molar-refractivity contribution in [1.29, 1.82) is 0 Å². The molecule has 3 heterocycles. The number of fused-ring (bicyclic) bond motifs is 4. The van der Waals surface area contributed by atoms with Crippen LogP contribution < -0.4 is 4.74 Å². The number of hydrogen-bond acceptors (Lipinski definition) is 4. The Hall–Kier alpha value is -1.96. The van der Waals surface area contributed by atoms with E-state index >= 15 is 0 Å². The lowest BCUT2D eigenvalue weighted by atomic mass is 9.74. The minimum Gasteiger partial charge on any atom is -0.487 e. The van der Waals surface area contributed by atoms with Gasteiger partial charge in [-0.15, -0.1) is 0 Å². The van der Waals surface area contributed by atoms with E-state index < -0.39 is 21.4 Å². The molecule has 0 aliphatic carbocycles. The normalized spacial score (nSPS) is 30.7. The molecule has 0 bridgehead atoms. The summed E-state index contributed by atoms with van der Waals surface area (Å²) in [5.41, 5.74) is 0.563. The number of benzene rings is 2. The van der Waals surface area contributed by atoms with E-state index in [0.29, 0.717) is 19.4 Å². The predicted molar refractivity (Wildman–Crippen MR) is 106 cm³/mol. The monoisotopic (exact) mass is 417 g/mol. The molecule has 2 fully saturated rings. The molecule has 154 valence electrons. The molecule has 3 aliphatic heterocycles. The van der Waals surface area contributed by atoms with Gasteiger partial charge < -0.3 is 9.47 Å². The highest BCUT2D eigenvalue weighted by Gasteiger charge is 2.55. The summed E-state index contributed by atoms with van der Waals surface area (Å²) in [4.78, 5) is 0.117. The third-order valence-corrected chi connectivity index (χ3v) is 8.47. The molecule has 3 aliphatic rings. The maximum absolute atomic E-state index is 13.3. The number of hydrogen-bond donors (Lipinski definition) is 0. The third kappa shape index (κ3) is 2.98. The van der Waals surface area contributed by atoms with Crippen LogP contribution in [-0.2, 0) is 14.8 Å². The second-order valence-corrected chi connectivity index (χ2v) is 10.5. The Kier molecular flexibility index (Phi) is 4.28. The minimum absolute atomic E-state index is 0.0302. The van der Waals surface area contributed by atoms with E-state index in [2.05, 4.69) is 0 Å². The first kappa shape index (κ1) is 19.0. The van der Waals surface area contributed by atoms with Crippen molar-refractivity contribution < 1.29 is 22.3 Å². The van der Waals surface area contributed by atoms with E-state index in [1.807, 2.05) is 38.1 Å². The summed E-state index contributed by atoms with van der Waals surface area (Å²) >= 11 is 0. The number of sulfonamides is 1. The summed E-state index contributed by atoms with van der Waals surface area (Å²) in [5, 5.41) is 0. The molecule has 7 heteroatoms. The zero-order valence-corrected chi connectivity index (χ0v) is 17.2. The molecule has 5 rings (SSSR count). The van der Waals surface area contributed by atoms with Crippen LogP contribution in [0, 0.1) is 11.7 Å². The van der Waals surface area contributed by atoms with Gasteiger partial charge in [-0.2, -0.15) is 4.31 Å². The van der Waals surface area contributed by atoms with Crippen LogP contribution in [0.2, 0.25) is 0 Å². The number of halogens is 1. The van der Waals surface area contributed by atoms with Crippen LogP contribution in [0.15, 0.2) is 53.4 Å². The van der Waals surface area contributed by atoms with Gasteiger partial charge in [-0.1, -0.05) is 18.2 Å². The lowest BCUT2D eigenvalue weighted by Crippen LogP contribution is -2.54. The fourth-order valence-electron chi connectivity index (χ4n) is 5.04. The standard InChI is InChI=1S/C22H24FNO4S/c1-22(2)17-13-18-20(27-21(17)16-5-3-4-6-19(16)28-22)11-12-24(18)29(25,26)15-9-7-14(23)8-10-15/h3-10,17-18,20-21H,11-13H2,1-2H3/t17-,18-,20-,21+/m1/s1. The van der Waals surface area contributed by atoms with Gasteiger partial charge in [0.1, 0.15) is 17.2 Å². The maximum Gasteiger partial charge on any atom is 0.243 e. The second kappa shape index (κ2) is 6.52. The highest BCUT2D eigenvalue weighted by Crippen LogP contribution is 2.53. The molecule has 2 saturated heterocycles. The van der Waals surface area contributed by atoms with E-state index in [-0.39, 0.29) is 29.1 Å². The molecule has 0 amide bonds. The average molecular weight is 418 g/mol. The van der Waals surface area contributed by atoms with Crippen LogP contribution >= 0.6 is 0 Å². The van der Waals surface area contributed by atoms with Gasteiger partial charge in [0.15, 0.2) is 0 Å². The molecular weight excluding hydrogens is 393 g/mol. The molecular formula is C22H24FNO4S. The first-order valence-electron chi connectivity index (χ1n) is 9.98. The fourth-order valence-corrected chi connectivity index (χ4v) is 6.71. The zero-order valence-electron chi connectivity index (χ0n) is 16.4. The molecule has 2 aromatic rings. The van der Waals surface area contributed by atoms with E-state index in [9.17, 15) is 12.8 Å². The third-order valence-electron chi connectivity index (χ3n) is 6.53. The van der Waals surface area contributed by atoms with Crippen LogP contribution in [0.25, 0.3) is 0 Å². The number of nitrogens with zero attached hydrogens (tertiary/aromatic N) is 1. The molecule has 0 N–H and O–H groups in total. The molecule has 4 atom stereocenters. The van der Waals surface area contributed by atoms with Crippen molar-refractivity contribution in [1.82, 2.24) is 4.31 Å². The van der Waals surface area contributed by atoms with E-state index in [1.165, 1.54) is 28.6 Å². The number of rotatable bonds is 2. The lowest BCUT2D eigenvalue weighted by molar-refractivity contribution is -0.157. The Labute approximate surface area is 170 Å². The smallest absolute Gasteiger partial charge is 0.243 e. The minimum atomic E-state index is -3.72. The Morgan fingerprint density at radius 2 is 1.83 bits per heavy atom. The van der Waals surface area contributed by atoms with Crippen molar-refractivity contribution in [3.63, 3.8) is 0 Å². The number of para-hydroxylation sites is 1. The zero-order chi connectivity index (χ0) is 20.4. The summed E-state index contributed by atoms with van der Waals surface area (Å²) < 4.78 is 54.1. The lowest BCUT2D eigenvalue weighted by Gasteiger charge is -2.50. The van der Waals surface area contributed by atoms with Gasteiger partial charge in [-0.25, -0.2) is 12.8 Å².